The summed E-state index contributed by atoms with van der Waals surface area (Å²) in [6.45, 7) is 4.30. The maximum absolute atomic E-state index is 12.5. The summed E-state index contributed by atoms with van der Waals surface area (Å²) in [6, 6.07) is 2.16. The van der Waals surface area contributed by atoms with Crippen molar-refractivity contribution in [2.75, 3.05) is 13.1 Å². The molecule has 0 aromatic rings. The predicted molar refractivity (Wildman–Crippen MR) is 67.1 cm³/mol. The van der Waals surface area contributed by atoms with Crippen LogP contribution < -0.4 is 5.73 Å². The fraction of sp³-hybridized carbons (Fsp3) is 0.769. The summed E-state index contributed by atoms with van der Waals surface area (Å²) < 4.78 is 0. The molecule has 5 nitrogen and oxygen atoms in total. The van der Waals surface area contributed by atoms with Gasteiger partial charge in [0.15, 0.2) is 0 Å². The Morgan fingerprint density at radius 2 is 1.94 bits per heavy atom. The van der Waals surface area contributed by atoms with E-state index in [2.05, 4.69) is 6.07 Å². The van der Waals surface area contributed by atoms with E-state index in [1.807, 2.05) is 13.8 Å². The first-order valence-electron chi connectivity index (χ1n) is 6.40. The minimum atomic E-state index is -0.926. The van der Waals surface area contributed by atoms with Crippen molar-refractivity contribution in [3.05, 3.63) is 0 Å². The third kappa shape index (κ3) is 3.22. The van der Waals surface area contributed by atoms with Crippen molar-refractivity contribution in [3.8, 4) is 6.07 Å². The summed E-state index contributed by atoms with van der Waals surface area (Å²) in [6.07, 6.45) is 2.97. The van der Waals surface area contributed by atoms with Crippen LogP contribution in [0.4, 0.5) is 0 Å². The largest absolute Gasteiger partial charge is 0.368 e. The molecular formula is C13H21N3O2. The Labute approximate surface area is 108 Å². The highest BCUT2D eigenvalue weighted by molar-refractivity contribution is 5.89. The summed E-state index contributed by atoms with van der Waals surface area (Å²) in [7, 11) is 0. The standard InChI is InChI=1S/C13H21N3O2/c1-10(2)7-16(8-11(15)17)12(18)13(9-14)5-3-4-6-13/h10H,3-8H2,1-2H3,(H2,15,17). The van der Waals surface area contributed by atoms with E-state index in [1.54, 1.807) is 0 Å². The van der Waals surface area contributed by atoms with Crippen LogP contribution in [-0.4, -0.2) is 29.8 Å². The first-order valence-corrected chi connectivity index (χ1v) is 6.40. The Kier molecular flexibility index (Phi) is 4.71. The average Bonchev–Trinajstić information content (AvgIpc) is 2.75. The summed E-state index contributed by atoms with van der Waals surface area (Å²) in [4.78, 5) is 25.0. The zero-order chi connectivity index (χ0) is 13.8. The van der Waals surface area contributed by atoms with Crippen LogP contribution >= 0.6 is 0 Å². The van der Waals surface area contributed by atoms with Crippen molar-refractivity contribution < 1.29 is 9.59 Å². The fourth-order valence-corrected chi connectivity index (χ4v) is 2.50. The van der Waals surface area contributed by atoms with E-state index < -0.39 is 11.3 Å². The van der Waals surface area contributed by atoms with Crippen LogP contribution in [0, 0.1) is 22.7 Å². The van der Waals surface area contributed by atoms with Crippen LogP contribution in [0.5, 0.6) is 0 Å². The minimum absolute atomic E-state index is 0.0968. The van der Waals surface area contributed by atoms with E-state index in [0.29, 0.717) is 19.4 Å². The summed E-state index contributed by atoms with van der Waals surface area (Å²) in [5, 5.41) is 9.29. The molecular weight excluding hydrogens is 230 g/mol. The summed E-state index contributed by atoms with van der Waals surface area (Å²) in [5.41, 5.74) is 4.25. The van der Waals surface area contributed by atoms with Crippen LogP contribution in [0.15, 0.2) is 0 Å². The second-order valence-corrected chi connectivity index (χ2v) is 5.45. The average molecular weight is 251 g/mol. The molecule has 5 heteroatoms. The number of hydrogen-bond donors (Lipinski definition) is 1. The molecule has 2 amide bonds. The number of carbonyl (C=O) groups is 2. The monoisotopic (exact) mass is 251 g/mol. The molecule has 1 aliphatic rings. The topological polar surface area (TPSA) is 87.2 Å². The maximum Gasteiger partial charge on any atom is 0.243 e. The van der Waals surface area contributed by atoms with Gasteiger partial charge in [0.2, 0.25) is 11.8 Å². The van der Waals surface area contributed by atoms with E-state index in [1.165, 1.54) is 4.90 Å². The molecule has 1 fully saturated rings. The maximum atomic E-state index is 12.5. The number of nitrogens with zero attached hydrogens (tertiary/aromatic N) is 2. The van der Waals surface area contributed by atoms with E-state index >= 15 is 0 Å². The number of nitrogens with two attached hydrogens (primary N) is 1. The van der Waals surface area contributed by atoms with Gasteiger partial charge < -0.3 is 10.6 Å². The van der Waals surface area contributed by atoms with Crippen molar-refractivity contribution in [1.82, 2.24) is 4.90 Å². The number of amides is 2. The van der Waals surface area contributed by atoms with Gasteiger partial charge >= 0.3 is 0 Å². The molecule has 0 atom stereocenters. The Morgan fingerprint density at radius 3 is 2.33 bits per heavy atom. The van der Waals surface area contributed by atoms with E-state index in [0.717, 1.165) is 12.8 Å². The Balaban J connectivity index is 2.87. The quantitative estimate of drug-likeness (QED) is 0.792. The molecule has 0 saturated heterocycles. The van der Waals surface area contributed by atoms with Crippen LogP contribution in [0.2, 0.25) is 0 Å². The van der Waals surface area contributed by atoms with Gasteiger partial charge in [0.25, 0.3) is 0 Å². The van der Waals surface area contributed by atoms with Gasteiger partial charge in [-0.15, -0.1) is 0 Å². The van der Waals surface area contributed by atoms with Crippen molar-refractivity contribution in [1.29, 1.82) is 5.26 Å². The van der Waals surface area contributed by atoms with Crippen molar-refractivity contribution in [3.63, 3.8) is 0 Å². The van der Waals surface area contributed by atoms with Gasteiger partial charge in [-0.3, -0.25) is 9.59 Å². The van der Waals surface area contributed by atoms with Crippen molar-refractivity contribution in [2.45, 2.75) is 39.5 Å². The van der Waals surface area contributed by atoms with Gasteiger partial charge in [0.05, 0.1) is 12.6 Å². The highest BCUT2D eigenvalue weighted by Crippen LogP contribution is 2.39. The molecule has 1 aliphatic carbocycles. The Bertz CT molecular complexity index is 365. The molecule has 0 spiro atoms. The van der Waals surface area contributed by atoms with Crippen LogP contribution in [0.1, 0.15) is 39.5 Å². The highest BCUT2D eigenvalue weighted by Gasteiger charge is 2.44. The van der Waals surface area contributed by atoms with Gasteiger partial charge in [-0.25, -0.2) is 0 Å². The molecule has 100 valence electrons. The van der Waals surface area contributed by atoms with Crippen LogP contribution in [0.3, 0.4) is 0 Å². The van der Waals surface area contributed by atoms with Gasteiger partial charge in [0.1, 0.15) is 5.41 Å². The lowest BCUT2D eigenvalue weighted by atomic mass is 9.86. The molecule has 0 heterocycles. The van der Waals surface area contributed by atoms with Gasteiger partial charge in [-0.1, -0.05) is 26.7 Å². The number of primary amides is 1. The number of carbonyl (C=O) groups excluding carboxylic acids is 2. The van der Waals surface area contributed by atoms with E-state index in [9.17, 15) is 14.9 Å². The molecule has 0 bridgehead atoms. The number of nitriles is 1. The molecule has 18 heavy (non-hydrogen) atoms. The minimum Gasteiger partial charge on any atom is -0.368 e. The smallest absolute Gasteiger partial charge is 0.243 e. The molecule has 2 N–H and O–H groups in total. The normalized spacial score (nSPS) is 17.4. The third-order valence-electron chi connectivity index (χ3n) is 3.30. The lowest BCUT2D eigenvalue weighted by molar-refractivity contribution is -0.142. The first kappa shape index (κ1) is 14.5. The Morgan fingerprint density at radius 1 is 1.39 bits per heavy atom. The second-order valence-electron chi connectivity index (χ2n) is 5.45. The SMILES string of the molecule is CC(C)CN(CC(N)=O)C(=O)C1(C#N)CCCC1. The number of hydrogen-bond acceptors (Lipinski definition) is 3. The zero-order valence-electron chi connectivity index (χ0n) is 11.1. The van der Waals surface area contributed by atoms with Crippen LogP contribution in [-0.2, 0) is 9.59 Å². The van der Waals surface area contributed by atoms with Crippen molar-refractivity contribution in [2.24, 2.45) is 17.1 Å². The van der Waals surface area contributed by atoms with Gasteiger partial charge in [-0.2, -0.15) is 5.26 Å². The third-order valence-corrected chi connectivity index (χ3v) is 3.30. The molecule has 0 aromatic carbocycles. The molecule has 1 saturated carbocycles. The predicted octanol–water partition coefficient (Wildman–Crippen LogP) is 1.04. The zero-order valence-corrected chi connectivity index (χ0v) is 11.1. The lowest BCUT2D eigenvalue weighted by Crippen LogP contribution is -2.47. The molecule has 1 rings (SSSR count). The summed E-state index contributed by atoms with van der Waals surface area (Å²) in [5.74, 6) is -0.518. The van der Waals surface area contributed by atoms with E-state index in [-0.39, 0.29) is 18.4 Å². The molecule has 0 unspecified atom stereocenters. The first-order chi connectivity index (χ1) is 8.41. The molecule has 0 radical (unpaired) electrons. The summed E-state index contributed by atoms with van der Waals surface area (Å²) >= 11 is 0. The lowest BCUT2D eigenvalue weighted by Gasteiger charge is -2.30. The molecule has 0 aliphatic heterocycles. The Hall–Kier alpha value is -1.57. The fourth-order valence-electron chi connectivity index (χ4n) is 2.50. The van der Waals surface area contributed by atoms with Gasteiger partial charge in [-0.05, 0) is 18.8 Å². The highest BCUT2D eigenvalue weighted by atomic mass is 16.2. The van der Waals surface area contributed by atoms with Crippen LogP contribution in [0.25, 0.3) is 0 Å². The molecule has 0 aromatic heterocycles. The second kappa shape index (κ2) is 5.85. The number of rotatable bonds is 5. The van der Waals surface area contributed by atoms with E-state index in [4.69, 9.17) is 5.73 Å². The van der Waals surface area contributed by atoms with Crippen molar-refractivity contribution >= 4 is 11.8 Å². The van der Waals surface area contributed by atoms with Gasteiger partial charge in [0, 0.05) is 6.54 Å².